The van der Waals surface area contributed by atoms with E-state index in [-0.39, 0.29) is 7.92 Å². The molecule has 1 aromatic heterocycles. The zero-order chi connectivity index (χ0) is 8.10. The second-order valence-electron chi connectivity index (χ2n) is 2.24. The molecule has 0 amide bonds. The largest absolute Gasteiger partial charge is 0.261 e. The zero-order valence-corrected chi connectivity index (χ0v) is 7.88. The Morgan fingerprint density at radius 1 is 1.27 bits per heavy atom. The molecule has 0 saturated heterocycles. The maximum absolute atomic E-state index is 4.29. The highest BCUT2D eigenvalue weighted by Crippen LogP contribution is 2.30. The first kappa shape index (κ1) is 8.61. The van der Waals surface area contributed by atoms with Crippen molar-refractivity contribution in [2.24, 2.45) is 0 Å². The fourth-order valence-electron chi connectivity index (χ4n) is 1.00. The number of hydrogen-bond acceptors (Lipinski definition) is 2. The van der Waals surface area contributed by atoms with Gasteiger partial charge in [0.25, 0.3) is 0 Å². The molecule has 3 heteroatoms. The van der Waals surface area contributed by atoms with Crippen LogP contribution in [-0.2, 0) is 0 Å². The van der Waals surface area contributed by atoms with E-state index in [1.807, 2.05) is 6.20 Å². The van der Waals surface area contributed by atoms with Gasteiger partial charge in [0.2, 0.25) is 0 Å². The van der Waals surface area contributed by atoms with Crippen molar-refractivity contribution in [3.63, 3.8) is 0 Å². The van der Waals surface area contributed by atoms with E-state index >= 15 is 0 Å². The van der Waals surface area contributed by atoms with Gasteiger partial charge in [0.1, 0.15) is 0 Å². The third kappa shape index (κ3) is 2.23. The van der Waals surface area contributed by atoms with E-state index in [9.17, 15) is 0 Å². The number of nitrogens with zero attached hydrogens (tertiary/aromatic N) is 2. The van der Waals surface area contributed by atoms with Crippen molar-refractivity contribution in [3.05, 3.63) is 18.6 Å². The molecule has 0 unspecified atom stereocenters. The Kier molecular flexibility index (Phi) is 3.44. The molecular formula is C8H13N2P. The Morgan fingerprint density at radius 3 is 2.45 bits per heavy atom. The lowest BCUT2D eigenvalue weighted by Crippen LogP contribution is -2.08. The van der Waals surface area contributed by atoms with Crippen LogP contribution in [0.15, 0.2) is 18.6 Å². The highest BCUT2D eigenvalue weighted by atomic mass is 31.1. The van der Waals surface area contributed by atoms with Crippen molar-refractivity contribution in [2.75, 3.05) is 12.3 Å². The standard InChI is InChI=1S/C8H13N2P/c1-3-11(4-2)8-7-9-5-6-10-8/h5-7H,3-4H2,1-2H3. The summed E-state index contributed by atoms with van der Waals surface area (Å²) in [6.07, 6.45) is 7.81. The third-order valence-corrected chi connectivity index (χ3v) is 4.04. The highest BCUT2D eigenvalue weighted by Gasteiger charge is 2.05. The SMILES string of the molecule is CCP(CC)c1cnccn1. The molecule has 0 atom stereocenters. The fraction of sp³-hybridized carbons (Fsp3) is 0.500. The fourth-order valence-corrected chi connectivity index (χ4v) is 2.56. The van der Waals surface area contributed by atoms with Crippen molar-refractivity contribution in [2.45, 2.75) is 13.8 Å². The van der Waals surface area contributed by atoms with E-state index in [4.69, 9.17) is 0 Å². The first-order valence-corrected chi connectivity index (χ1v) is 5.60. The van der Waals surface area contributed by atoms with Crippen molar-refractivity contribution in [1.29, 1.82) is 0 Å². The van der Waals surface area contributed by atoms with Crippen LogP contribution in [-0.4, -0.2) is 22.3 Å². The summed E-state index contributed by atoms with van der Waals surface area (Å²) in [7, 11) is -0.0249. The van der Waals surface area contributed by atoms with Crippen LogP contribution in [0, 0.1) is 0 Å². The van der Waals surface area contributed by atoms with Crippen molar-refractivity contribution < 1.29 is 0 Å². The molecule has 1 heterocycles. The van der Waals surface area contributed by atoms with Crippen LogP contribution in [0.4, 0.5) is 0 Å². The molecule has 0 radical (unpaired) electrons. The second kappa shape index (κ2) is 4.40. The van der Waals surface area contributed by atoms with Gasteiger partial charge in [-0.05, 0) is 12.3 Å². The average Bonchev–Trinajstić information content (AvgIpc) is 2.09. The van der Waals surface area contributed by atoms with Gasteiger partial charge in [-0.1, -0.05) is 21.8 Å². The minimum Gasteiger partial charge on any atom is -0.261 e. The summed E-state index contributed by atoms with van der Waals surface area (Å²) in [5.41, 5.74) is 1.19. The van der Waals surface area contributed by atoms with E-state index in [0.29, 0.717) is 0 Å². The summed E-state index contributed by atoms with van der Waals surface area (Å²) in [5, 5.41) is 0. The van der Waals surface area contributed by atoms with Gasteiger partial charge in [0, 0.05) is 12.4 Å². The molecule has 0 aliphatic rings. The van der Waals surface area contributed by atoms with Crippen molar-refractivity contribution >= 4 is 13.4 Å². The third-order valence-electron chi connectivity index (χ3n) is 1.64. The zero-order valence-electron chi connectivity index (χ0n) is 6.99. The van der Waals surface area contributed by atoms with Crippen LogP contribution in [0.3, 0.4) is 0 Å². The van der Waals surface area contributed by atoms with E-state index in [0.717, 1.165) is 0 Å². The molecule has 0 bridgehead atoms. The minimum atomic E-state index is -0.0249. The van der Waals surface area contributed by atoms with Crippen LogP contribution in [0.25, 0.3) is 0 Å². The van der Waals surface area contributed by atoms with Crippen LogP contribution < -0.4 is 5.44 Å². The molecule has 0 aromatic carbocycles. The smallest absolute Gasteiger partial charge is 0.0812 e. The Bertz CT molecular complexity index is 197. The minimum absolute atomic E-state index is 0.0249. The molecule has 2 nitrogen and oxygen atoms in total. The summed E-state index contributed by atoms with van der Waals surface area (Å²) in [6, 6.07) is 0. The van der Waals surface area contributed by atoms with E-state index < -0.39 is 0 Å². The van der Waals surface area contributed by atoms with E-state index in [2.05, 4.69) is 23.8 Å². The van der Waals surface area contributed by atoms with Crippen molar-refractivity contribution in [3.8, 4) is 0 Å². The molecule has 11 heavy (non-hydrogen) atoms. The number of rotatable bonds is 3. The van der Waals surface area contributed by atoms with Gasteiger partial charge in [0.15, 0.2) is 0 Å². The Labute approximate surface area is 68.8 Å². The van der Waals surface area contributed by atoms with Gasteiger partial charge in [0.05, 0.1) is 11.6 Å². The quantitative estimate of drug-likeness (QED) is 0.641. The predicted molar refractivity (Wildman–Crippen MR) is 49.7 cm³/mol. The van der Waals surface area contributed by atoms with Gasteiger partial charge in [-0.3, -0.25) is 9.97 Å². The Hall–Kier alpha value is -0.490. The normalized spacial score (nSPS) is 10.5. The molecule has 0 N–H and O–H groups in total. The molecule has 1 aromatic rings. The maximum atomic E-state index is 4.29. The first-order valence-electron chi connectivity index (χ1n) is 3.89. The molecular weight excluding hydrogens is 155 g/mol. The van der Waals surface area contributed by atoms with Gasteiger partial charge < -0.3 is 0 Å². The first-order chi connectivity index (χ1) is 5.38. The van der Waals surface area contributed by atoms with Crippen LogP contribution in [0.5, 0.6) is 0 Å². The van der Waals surface area contributed by atoms with Crippen LogP contribution in [0.1, 0.15) is 13.8 Å². The molecule has 0 aliphatic carbocycles. The summed E-state index contributed by atoms with van der Waals surface area (Å²) < 4.78 is 0. The molecule has 60 valence electrons. The van der Waals surface area contributed by atoms with Crippen molar-refractivity contribution in [1.82, 2.24) is 9.97 Å². The highest BCUT2D eigenvalue weighted by molar-refractivity contribution is 7.65. The van der Waals surface area contributed by atoms with Crippen LogP contribution >= 0.6 is 7.92 Å². The number of aromatic nitrogens is 2. The summed E-state index contributed by atoms with van der Waals surface area (Å²) >= 11 is 0. The maximum Gasteiger partial charge on any atom is 0.0812 e. The average molecular weight is 168 g/mol. The van der Waals surface area contributed by atoms with Gasteiger partial charge in [-0.25, -0.2) is 0 Å². The molecule has 0 saturated carbocycles. The van der Waals surface area contributed by atoms with E-state index in [1.165, 1.54) is 17.8 Å². The van der Waals surface area contributed by atoms with Gasteiger partial charge in [-0.15, -0.1) is 0 Å². The van der Waals surface area contributed by atoms with Gasteiger partial charge >= 0.3 is 0 Å². The lowest BCUT2D eigenvalue weighted by atomic mass is 10.8. The number of hydrogen-bond donors (Lipinski definition) is 0. The summed E-state index contributed by atoms with van der Waals surface area (Å²) in [5.74, 6) is 0. The second-order valence-corrected chi connectivity index (χ2v) is 5.04. The Balaban J connectivity index is 2.74. The van der Waals surface area contributed by atoms with Crippen LogP contribution in [0.2, 0.25) is 0 Å². The Morgan fingerprint density at radius 2 is 2.00 bits per heavy atom. The topological polar surface area (TPSA) is 25.8 Å². The van der Waals surface area contributed by atoms with Gasteiger partial charge in [-0.2, -0.15) is 0 Å². The van der Waals surface area contributed by atoms with E-state index in [1.54, 1.807) is 12.4 Å². The predicted octanol–water partition coefficient (Wildman–Crippen LogP) is 1.62. The molecule has 0 fully saturated rings. The molecule has 0 spiro atoms. The lowest BCUT2D eigenvalue weighted by molar-refractivity contribution is 1.23. The summed E-state index contributed by atoms with van der Waals surface area (Å²) in [6.45, 7) is 4.42. The molecule has 0 aliphatic heterocycles. The monoisotopic (exact) mass is 168 g/mol. The molecule has 1 rings (SSSR count). The summed E-state index contributed by atoms with van der Waals surface area (Å²) in [4.78, 5) is 8.34. The lowest BCUT2D eigenvalue weighted by Gasteiger charge is -2.10.